The van der Waals surface area contributed by atoms with Crippen molar-refractivity contribution in [1.29, 1.82) is 0 Å². The van der Waals surface area contributed by atoms with Crippen LogP contribution in [0.15, 0.2) is 48.8 Å². The van der Waals surface area contributed by atoms with Crippen molar-refractivity contribution in [2.45, 2.75) is 6.92 Å². The molecule has 0 saturated carbocycles. The van der Waals surface area contributed by atoms with Crippen LogP contribution in [0.4, 0.5) is 4.39 Å². The molecule has 0 bridgehead atoms. The monoisotopic (exact) mass is 226 g/mol. The average molecular weight is 226 g/mol. The second-order valence-corrected chi connectivity index (χ2v) is 4.00. The lowest BCUT2D eigenvalue weighted by molar-refractivity contribution is 0.631. The van der Waals surface area contributed by atoms with E-state index in [0.29, 0.717) is 5.56 Å². The zero-order valence-electron chi connectivity index (χ0n) is 9.39. The summed E-state index contributed by atoms with van der Waals surface area (Å²) in [4.78, 5) is 4.22. The molecule has 0 saturated heterocycles. The zero-order chi connectivity index (χ0) is 11.8. The topological polar surface area (TPSA) is 17.3 Å². The highest BCUT2D eigenvalue weighted by atomic mass is 19.1. The molecule has 1 aromatic carbocycles. The molecule has 0 unspecified atom stereocenters. The van der Waals surface area contributed by atoms with Crippen molar-refractivity contribution in [3.8, 4) is 11.1 Å². The molecule has 0 aliphatic heterocycles. The van der Waals surface area contributed by atoms with E-state index in [9.17, 15) is 4.39 Å². The lowest BCUT2D eigenvalue weighted by atomic mass is 10.1. The van der Waals surface area contributed by atoms with E-state index in [2.05, 4.69) is 4.98 Å². The molecule has 0 N–H and O–H groups in total. The number of rotatable bonds is 1. The van der Waals surface area contributed by atoms with Gasteiger partial charge in [0.05, 0.1) is 11.7 Å². The molecule has 3 rings (SSSR count). The molecule has 0 aliphatic carbocycles. The number of fused-ring (bicyclic) bond motifs is 1. The van der Waals surface area contributed by atoms with Gasteiger partial charge in [0.15, 0.2) is 0 Å². The minimum Gasteiger partial charge on any atom is -0.303 e. The van der Waals surface area contributed by atoms with Crippen LogP contribution in [-0.2, 0) is 0 Å². The minimum absolute atomic E-state index is 0.204. The maximum Gasteiger partial charge on any atom is 0.131 e. The Labute approximate surface area is 98.4 Å². The third-order valence-corrected chi connectivity index (χ3v) is 2.90. The lowest BCUT2D eigenvalue weighted by Gasteiger charge is -2.05. The molecule has 3 aromatic rings. The fourth-order valence-electron chi connectivity index (χ4n) is 1.97. The SMILES string of the molecule is Cc1ncc2ccc(-c3ccccc3F)cn12. The van der Waals surface area contributed by atoms with Gasteiger partial charge in [-0.15, -0.1) is 0 Å². The molecular weight excluding hydrogens is 215 g/mol. The Morgan fingerprint density at radius 1 is 1.12 bits per heavy atom. The van der Waals surface area contributed by atoms with E-state index in [-0.39, 0.29) is 5.82 Å². The maximum absolute atomic E-state index is 13.7. The predicted octanol–water partition coefficient (Wildman–Crippen LogP) is 3.45. The smallest absolute Gasteiger partial charge is 0.131 e. The summed E-state index contributed by atoms with van der Waals surface area (Å²) in [6.07, 6.45) is 3.72. The van der Waals surface area contributed by atoms with Crippen LogP contribution in [0.3, 0.4) is 0 Å². The molecule has 17 heavy (non-hydrogen) atoms. The fraction of sp³-hybridized carbons (Fsp3) is 0.0714. The zero-order valence-corrected chi connectivity index (χ0v) is 9.39. The van der Waals surface area contributed by atoms with Crippen molar-refractivity contribution in [2.24, 2.45) is 0 Å². The molecule has 2 heterocycles. The quantitative estimate of drug-likeness (QED) is 0.621. The number of aromatic nitrogens is 2. The molecular formula is C14H11FN2. The molecule has 0 spiro atoms. The Hall–Kier alpha value is -2.16. The Morgan fingerprint density at radius 3 is 2.76 bits per heavy atom. The number of halogens is 1. The number of nitrogens with zero attached hydrogens (tertiary/aromatic N) is 2. The molecule has 84 valence electrons. The van der Waals surface area contributed by atoms with Gasteiger partial charge in [0.1, 0.15) is 11.6 Å². The van der Waals surface area contributed by atoms with E-state index in [1.807, 2.05) is 35.7 Å². The summed E-state index contributed by atoms with van der Waals surface area (Å²) in [5.41, 5.74) is 2.49. The second kappa shape index (κ2) is 3.70. The highest BCUT2D eigenvalue weighted by Gasteiger charge is 2.05. The average Bonchev–Trinajstić information content (AvgIpc) is 2.71. The number of imidazole rings is 1. The normalized spacial score (nSPS) is 10.9. The number of pyridine rings is 1. The van der Waals surface area contributed by atoms with Crippen LogP contribution in [-0.4, -0.2) is 9.38 Å². The molecule has 0 atom stereocenters. The predicted molar refractivity (Wildman–Crippen MR) is 65.3 cm³/mol. The Kier molecular flexibility index (Phi) is 2.18. The molecule has 0 amide bonds. The van der Waals surface area contributed by atoms with Gasteiger partial charge in [0.2, 0.25) is 0 Å². The molecule has 0 aliphatic rings. The summed E-state index contributed by atoms with van der Waals surface area (Å²) in [6.45, 7) is 1.93. The van der Waals surface area contributed by atoms with Crippen molar-refractivity contribution < 1.29 is 4.39 Å². The van der Waals surface area contributed by atoms with Gasteiger partial charge in [0.25, 0.3) is 0 Å². The first kappa shape index (κ1) is 10.0. The van der Waals surface area contributed by atoms with Crippen molar-refractivity contribution in [3.05, 3.63) is 60.4 Å². The molecule has 0 fully saturated rings. The van der Waals surface area contributed by atoms with Crippen LogP contribution >= 0.6 is 0 Å². The highest BCUT2D eigenvalue weighted by Crippen LogP contribution is 2.23. The van der Waals surface area contributed by atoms with Crippen LogP contribution in [0.25, 0.3) is 16.6 Å². The van der Waals surface area contributed by atoms with Crippen molar-refractivity contribution in [2.75, 3.05) is 0 Å². The van der Waals surface area contributed by atoms with Gasteiger partial charge in [0, 0.05) is 17.3 Å². The van der Waals surface area contributed by atoms with Gasteiger partial charge >= 0.3 is 0 Å². The standard InChI is InChI=1S/C14H11FN2/c1-10-16-8-12-7-6-11(9-17(10)12)13-4-2-3-5-14(13)15/h2-9H,1H3. The summed E-state index contributed by atoms with van der Waals surface area (Å²) in [6, 6.07) is 10.6. The van der Waals surface area contributed by atoms with E-state index >= 15 is 0 Å². The minimum atomic E-state index is -0.204. The van der Waals surface area contributed by atoms with E-state index < -0.39 is 0 Å². The molecule has 3 heteroatoms. The number of hydrogen-bond donors (Lipinski definition) is 0. The van der Waals surface area contributed by atoms with Crippen molar-refractivity contribution >= 4 is 5.52 Å². The molecule has 0 radical (unpaired) electrons. The first-order chi connectivity index (χ1) is 8.25. The highest BCUT2D eigenvalue weighted by molar-refractivity contribution is 5.66. The van der Waals surface area contributed by atoms with Crippen LogP contribution in [0.2, 0.25) is 0 Å². The maximum atomic E-state index is 13.7. The van der Waals surface area contributed by atoms with Crippen molar-refractivity contribution in [3.63, 3.8) is 0 Å². The van der Waals surface area contributed by atoms with Gasteiger partial charge in [-0.2, -0.15) is 0 Å². The first-order valence-electron chi connectivity index (χ1n) is 5.44. The Balaban J connectivity index is 2.24. The summed E-state index contributed by atoms with van der Waals surface area (Å²) in [5, 5.41) is 0. The van der Waals surface area contributed by atoms with Crippen LogP contribution in [0.1, 0.15) is 5.82 Å². The third kappa shape index (κ3) is 1.60. The molecule has 2 aromatic heterocycles. The first-order valence-corrected chi connectivity index (χ1v) is 5.44. The fourth-order valence-corrected chi connectivity index (χ4v) is 1.97. The number of benzene rings is 1. The largest absolute Gasteiger partial charge is 0.303 e. The van der Waals surface area contributed by atoms with Gasteiger partial charge < -0.3 is 4.40 Å². The van der Waals surface area contributed by atoms with Crippen LogP contribution in [0.5, 0.6) is 0 Å². The van der Waals surface area contributed by atoms with Crippen LogP contribution < -0.4 is 0 Å². The van der Waals surface area contributed by atoms with E-state index in [0.717, 1.165) is 16.9 Å². The second-order valence-electron chi connectivity index (χ2n) is 4.00. The third-order valence-electron chi connectivity index (χ3n) is 2.90. The van der Waals surface area contributed by atoms with E-state index in [1.54, 1.807) is 18.3 Å². The van der Waals surface area contributed by atoms with Gasteiger partial charge in [-0.05, 0) is 19.1 Å². The summed E-state index contributed by atoms with van der Waals surface area (Å²) in [5.74, 6) is 0.697. The summed E-state index contributed by atoms with van der Waals surface area (Å²) < 4.78 is 15.6. The van der Waals surface area contributed by atoms with E-state index in [1.165, 1.54) is 6.07 Å². The summed E-state index contributed by atoms with van der Waals surface area (Å²) in [7, 11) is 0. The van der Waals surface area contributed by atoms with Crippen LogP contribution in [0, 0.1) is 12.7 Å². The Bertz CT molecular complexity index is 686. The van der Waals surface area contributed by atoms with Gasteiger partial charge in [-0.3, -0.25) is 0 Å². The van der Waals surface area contributed by atoms with Gasteiger partial charge in [-0.1, -0.05) is 24.3 Å². The Morgan fingerprint density at radius 2 is 1.94 bits per heavy atom. The van der Waals surface area contributed by atoms with E-state index in [4.69, 9.17) is 0 Å². The number of hydrogen-bond acceptors (Lipinski definition) is 1. The lowest BCUT2D eigenvalue weighted by Crippen LogP contribution is -1.90. The van der Waals surface area contributed by atoms with Gasteiger partial charge in [-0.25, -0.2) is 9.37 Å². The number of aryl methyl sites for hydroxylation is 1. The van der Waals surface area contributed by atoms with Crippen molar-refractivity contribution in [1.82, 2.24) is 9.38 Å². The summed E-state index contributed by atoms with van der Waals surface area (Å²) >= 11 is 0. The molecule has 2 nitrogen and oxygen atoms in total.